The lowest BCUT2D eigenvalue weighted by molar-refractivity contribution is 0.194. The van der Waals surface area contributed by atoms with Crippen LogP contribution in [0.5, 0.6) is 0 Å². The molecule has 1 N–H and O–H groups in total. The van der Waals surface area contributed by atoms with E-state index < -0.39 is 10.0 Å². The molecule has 6 nitrogen and oxygen atoms in total. The fraction of sp³-hybridized carbons (Fsp3) is 0.636. The molecule has 0 amide bonds. The first kappa shape index (κ1) is 15.2. The molecule has 0 aromatic carbocycles. The van der Waals surface area contributed by atoms with Gasteiger partial charge in [-0.2, -0.15) is 0 Å². The molecule has 0 saturated heterocycles. The third-order valence-corrected chi connectivity index (χ3v) is 4.06. The minimum atomic E-state index is -3.48. The lowest BCUT2D eigenvalue weighted by atomic mass is 10.4. The topological polar surface area (TPSA) is 71.8 Å². The van der Waals surface area contributed by atoms with Gasteiger partial charge in [0.2, 0.25) is 5.09 Å². The van der Waals surface area contributed by atoms with E-state index in [1.165, 1.54) is 20.2 Å². The molecule has 0 saturated carbocycles. The minimum Gasteiger partial charge on any atom is -0.447 e. The van der Waals surface area contributed by atoms with E-state index in [4.69, 9.17) is 9.15 Å². The van der Waals surface area contributed by atoms with Crippen LogP contribution in [0.2, 0.25) is 0 Å². The molecule has 0 aliphatic rings. The molecule has 7 heteroatoms. The maximum atomic E-state index is 11.8. The summed E-state index contributed by atoms with van der Waals surface area (Å²) in [6.45, 7) is 2.00. The van der Waals surface area contributed by atoms with Crippen LogP contribution in [0.15, 0.2) is 21.6 Å². The summed E-state index contributed by atoms with van der Waals surface area (Å²) in [7, 11) is 1.13. The van der Waals surface area contributed by atoms with Crippen molar-refractivity contribution >= 4 is 10.0 Å². The Labute approximate surface area is 108 Å². The molecule has 0 fully saturated rings. The predicted octanol–water partition coefficient (Wildman–Crippen LogP) is 0.656. The molecule has 1 aromatic heterocycles. The zero-order valence-electron chi connectivity index (χ0n) is 11.0. The number of methoxy groups -OCH3 is 1. The van der Waals surface area contributed by atoms with Gasteiger partial charge in [0.1, 0.15) is 5.76 Å². The summed E-state index contributed by atoms with van der Waals surface area (Å²) in [4.78, 5) is 0. The van der Waals surface area contributed by atoms with E-state index in [-0.39, 0.29) is 5.09 Å². The highest BCUT2D eigenvalue weighted by Gasteiger charge is 2.21. The van der Waals surface area contributed by atoms with E-state index in [0.717, 1.165) is 17.3 Å². The van der Waals surface area contributed by atoms with Crippen LogP contribution in [0.1, 0.15) is 12.2 Å². The Balaban J connectivity index is 2.49. The smallest absolute Gasteiger partial charge is 0.275 e. The summed E-state index contributed by atoms with van der Waals surface area (Å²) in [6, 6.07) is 3.14. The number of rotatable bonds is 8. The van der Waals surface area contributed by atoms with Gasteiger partial charge in [-0.25, -0.2) is 12.7 Å². The van der Waals surface area contributed by atoms with Crippen LogP contribution < -0.4 is 5.32 Å². The number of nitrogens with one attached hydrogen (secondary N) is 1. The quantitative estimate of drug-likeness (QED) is 0.706. The van der Waals surface area contributed by atoms with Gasteiger partial charge in [-0.3, -0.25) is 0 Å². The molecule has 1 heterocycles. The number of hydrogen-bond acceptors (Lipinski definition) is 5. The Kier molecular flexibility index (Phi) is 5.80. The molecular formula is C11H20N2O4S. The van der Waals surface area contributed by atoms with Gasteiger partial charge in [-0.15, -0.1) is 0 Å². The fourth-order valence-corrected chi connectivity index (χ4v) is 2.14. The van der Waals surface area contributed by atoms with Crippen LogP contribution in [0.4, 0.5) is 0 Å². The van der Waals surface area contributed by atoms with Crippen LogP contribution >= 0.6 is 0 Å². The van der Waals surface area contributed by atoms with Crippen molar-refractivity contribution in [3.63, 3.8) is 0 Å². The van der Waals surface area contributed by atoms with Crippen molar-refractivity contribution in [2.45, 2.75) is 18.1 Å². The Morgan fingerprint density at radius 2 is 2.11 bits per heavy atom. The third-order valence-electron chi connectivity index (χ3n) is 2.37. The summed E-state index contributed by atoms with van der Waals surface area (Å²) in [5.74, 6) is 0.604. The van der Waals surface area contributed by atoms with E-state index in [2.05, 4.69) is 5.32 Å². The monoisotopic (exact) mass is 276 g/mol. The molecule has 0 unspecified atom stereocenters. The Morgan fingerprint density at radius 1 is 1.39 bits per heavy atom. The van der Waals surface area contributed by atoms with Gasteiger partial charge >= 0.3 is 0 Å². The number of ether oxygens (including phenoxy) is 1. The second-order valence-electron chi connectivity index (χ2n) is 4.03. The average Bonchev–Trinajstić information content (AvgIpc) is 2.78. The molecule has 0 radical (unpaired) electrons. The molecule has 18 heavy (non-hydrogen) atoms. The van der Waals surface area contributed by atoms with Gasteiger partial charge in [-0.1, -0.05) is 0 Å². The van der Waals surface area contributed by atoms with Gasteiger partial charge in [0.25, 0.3) is 10.0 Å². The molecular weight excluding hydrogens is 256 g/mol. The van der Waals surface area contributed by atoms with Crippen molar-refractivity contribution in [1.29, 1.82) is 0 Å². The number of hydrogen-bond donors (Lipinski definition) is 1. The number of sulfonamides is 1. The van der Waals surface area contributed by atoms with Crippen molar-refractivity contribution < 1.29 is 17.6 Å². The maximum absolute atomic E-state index is 11.8. The lowest BCUT2D eigenvalue weighted by Gasteiger charge is -2.07. The predicted molar refractivity (Wildman–Crippen MR) is 67.8 cm³/mol. The second-order valence-corrected chi connectivity index (χ2v) is 6.11. The highest BCUT2D eigenvalue weighted by Crippen LogP contribution is 2.16. The minimum absolute atomic E-state index is 0.0267. The second kappa shape index (κ2) is 6.89. The Hall–Kier alpha value is -0.890. The standard InChI is InChI=1S/C11H20N2O4S/c1-13(2)18(14,15)11-6-5-10(17-11)9-12-7-4-8-16-3/h5-6,12H,4,7-9H2,1-3H3. The Bertz CT molecular complexity index is 453. The van der Waals surface area contributed by atoms with Crippen molar-refractivity contribution in [1.82, 2.24) is 9.62 Å². The van der Waals surface area contributed by atoms with Crippen LogP contribution in [-0.4, -0.2) is 47.1 Å². The zero-order valence-corrected chi connectivity index (χ0v) is 11.8. The summed E-state index contributed by atoms with van der Waals surface area (Å²) in [6.07, 6.45) is 0.903. The van der Waals surface area contributed by atoms with E-state index in [9.17, 15) is 8.42 Å². The molecule has 0 aliphatic carbocycles. The summed E-state index contributed by atoms with van der Waals surface area (Å²) in [5.41, 5.74) is 0. The third kappa shape index (κ3) is 4.09. The van der Waals surface area contributed by atoms with Crippen LogP contribution in [0.25, 0.3) is 0 Å². The van der Waals surface area contributed by atoms with E-state index in [0.29, 0.717) is 18.9 Å². The lowest BCUT2D eigenvalue weighted by Crippen LogP contribution is -2.21. The van der Waals surface area contributed by atoms with E-state index in [1.54, 1.807) is 13.2 Å². The highest BCUT2D eigenvalue weighted by molar-refractivity contribution is 7.88. The molecule has 0 bridgehead atoms. The van der Waals surface area contributed by atoms with Crippen molar-refractivity contribution in [3.05, 3.63) is 17.9 Å². The highest BCUT2D eigenvalue weighted by atomic mass is 32.2. The first-order chi connectivity index (χ1) is 8.48. The fourth-order valence-electron chi connectivity index (χ4n) is 1.32. The van der Waals surface area contributed by atoms with Gasteiger partial charge in [0.05, 0.1) is 6.54 Å². The molecule has 1 aromatic rings. The van der Waals surface area contributed by atoms with Crippen molar-refractivity contribution in [2.24, 2.45) is 0 Å². The summed E-state index contributed by atoms with van der Waals surface area (Å²) < 4.78 is 34.9. The zero-order chi connectivity index (χ0) is 13.6. The number of nitrogens with zero attached hydrogens (tertiary/aromatic N) is 1. The molecule has 0 atom stereocenters. The van der Waals surface area contributed by atoms with E-state index >= 15 is 0 Å². The first-order valence-corrected chi connectivity index (χ1v) is 7.13. The maximum Gasteiger partial charge on any atom is 0.275 e. The SMILES string of the molecule is COCCCNCc1ccc(S(=O)(=O)N(C)C)o1. The molecule has 104 valence electrons. The molecule has 1 rings (SSSR count). The van der Waals surface area contributed by atoms with Gasteiger partial charge in [0.15, 0.2) is 0 Å². The molecule has 0 spiro atoms. The average molecular weight is 276 g/mol. The Morgan fingerprint density at radius 3 is 2.72 bits per heavy atom. The number of furan rings is 1. The van der Waals surface area contributed by atoms with Crippen molar-refractivity contribution in [2.75, 3.05) is 34.4 Å². The van der Waals surface area contributed by atoms with Crippen molar-refractivity contribution in [3.8, 4) is 0 Å². The summed E-state index contributed by atoms with van der Waals surface area (Å²) in [5, 5.41) is 3.12. The molecule has 0 aliphatic heterocycles. The largest absolute Gasteiger partial charge is 0.447 e. The van der Waals surface area contributed by atoms with Crippen LogP contribution in [-0.2, 0) is 21.3 Å². The van der Waals surface area contributed by atoms with Gasteiger partial charge < -0.3 is 14.5 Å². The first-order valence-electron chi connectivity index (χ1n) is 5.69. The van der Waals surface area contributed by atoms with Gasteiger partial charge in [-0.05, 0) is 25.1 Å². The normalized spacial score (nSPS) is 12.2. The van der Waals surface area contributed by atoms with Crippen LogP contribution in [0, 0.1) is 0 Å². The van der Waals surface area contributed by atoms with E-state index in [1.807, 2.05) is 0 Å². The summed E-state index contributed by atoms with van der Waals surface area (Å²) >= 11 is 0. The van der Waals surface area contributed by atoms with Gasteiger partial charge in [0, 0.05) is 27.8 Å². The van der Waals surface area contributed by atoms with Crippen LogP contribution in [0.3, 0.4) is 0 Å².